The zero-order valence-corrected chi connectivity index (χ0v) is 21.6. The Morgan fingerprint density at radius 2 is 1.57 bits per heavy atom. The quantitative estimate of drug-likeness (QED) is 0.319. The molecule has 0 aromatic heterocycles. The molecule has 5 rings (SSSR count). The number of unbranched alkanes of at least 4 members (excludes halogenated alkanes) is 1. The van der Waals surface area contributed by atoms with E-state index < -0.39 is 0 Å². The number of hydrogen-bond acceptors (Lipinski definition) is 1. The fourth-order valence-corrected chi connectivity index (χ4v) is 6.24. The van der Waals surface area contributed by atoms with E-state index in [4.69, 9.17) is 4.74 Å². The molecule has 1 fully saturated rings. The van der Waals surface area contributed by atoms with Gasteiger partial charge in [0.25, 0.3) is 0 Å². The first-order chi connectivity index (χ1) is 17.2. The molecule has 1 atom stereocenters. The monoisotopic (exact) mass is 464 g/mol. The van der Waals surface area contributed by atoms with Gasteiger partial charge in [0.05, 0.1) is 0 Å². The van der Waals surface area contributed by atoms with Gasteiger partial charge >= 0.3 is 0 Å². The molecule has 35 heavy (non-hydrogen) atoms. The summed E-state index contributed by atoms with van der Waals surface area (Å²) in [5.41, 5.74) is 10.5. The van der Waals surface area contributed by atoms with Crippen LogP contribution in [0.5, 0.6) is 5.75 Å². The molecule has 3 aliphatic carbocycles. The zero-order valence-electron chi connectivity index (χ0n) is 21.6. The van der Waals surface area contributed by atoms with Crippen molar-refractivity contribution in [2.75, 3.05) is 6.61 Å². The van der Waals surface area contributed by atoms with E-state index in [0.717, 1.165) is 18.1 Å². The number of ether oxygens (including phenoxy) is 1. The Kier molecular flexibility index (Phi) is 7.72. The summed E-state index contributed by atoms with van der Waals surface area (Å²) in [5.74, 6) is 2.41. The molecule has 2 aromatic carbocycles. The maximum absolute atomic E-state index is 6.10. The Balaban J connectivity index is 1.24. The molecule has 1 nitrogen and oxygen atoms in total. The van der Waals surface area contributed by atoms with E-state index in [1.807, 2.05) is 0 Å². The minimum atomic E-state index is 0.626. The largest absolute Gasteiger partial charge is 0.489 e. The fourth-order valence-electron chi connectivity index (χ4n) is 6.24. The van der Waals surface area contributed by atoms with Crippen LogP contribution in [0.2, 0.25) is 0 Å². The molecule has 1 saturated carbocycles. The second-order valence-corrected chi connectivity index (χ2v) is 10.8. The van der Waals surface area contributed by atoms with Crippen LogP contribution in [-0.2, 0) is 6.42 Å². The van der Waals surface area contributed by atoms with Crippen LogP contribution in [-0.4, -0.2) is 6.61 Å². The van der Waals surface area contributed by atoms with Crippen molar-refractivity contribution in [2.45, 2.75) is 71.6 Å². The highest BCUT2D eigenvalue weighted by Gasteiger charge is 2.35. The molecule has 0 spiro atoms. The smallest absolute Gasteiger partial charge is 0.119 e. The lowest BCUT2D eigenvalue weighted by atomic mass is 9.79. The molecular formula is C34H40O. The van der Waals surface area contributed by atoms with Crippen molar-refractivity contribution in [3.63, 3.8) is 0 Å². The van der Waals surface area contributed by atoms with E-state index in [1.54, 1.807) is 16.7 Å². The van der Waals surface area contributed by atoms with Crippen LogP contribution >= 0.6 is 0 Å². The Hall–Kier alpha value is -2.80. The fraction of sp³-hybridized carbons (Fsp3) is 0.412. The lowest BCUT2D eigenvalue weighted by molar-refractivity contribution is 0.350. The maximum Gasteiger partial charge on any atom is 0.119 e. The van der Waals surface area contributed by atoms with E-state index >= 15 is 0 Å². The van der Waals surface area contributed by atoms with Crippen molar-refractivity contribution in [3.05, 3.63) is 112 Å². The molecule has 0 N–H and O–H groups in total. The molecule has 2 aromatic rings. The topological polar surface area (TPSA) is 9.23 Å². The van der Waals surface area contributed by atoms with Crippen LogP contribution in [0, 0.1) is 18.8 Å². The lowest BCUT2D eigenvalue weighted by Gasteiger charge is -2.24. The summed E-state index contributed by atoms with van der Waals surface area (Å²) in [7, 11) is 0. The average molecular weight is 465 g/mol. The second kappa shape index (κ2) is 11.3. The van der Waals surface area contributed by atoms with Gasteiger partial charge in [-0.2, -0.15) is 0 Å². The van der Waals surface area contributed by atoms with Crippen molar-refractivity contribution < 1.29 is 4.74 Å². The van der Waals surface area contributed by atoms with Crippen molar-refractivity contribution >= 4 is 0 Å². The molecule has 1 heteroatoms. The van der Waals surface area contributed by atoms with Crippen LogP contribution in [0.4, 0.5) is 0 Å². The van der Waals surface area contributed by atoms with Gasteiger partial charge in [0.2, 0.25) is 0 Å². The van der Waals surface area contributed by atoms with E-state index in [-0.39, 0.29) is 0 Å². The minimum absolute atomic E-state index is 0.626. The highest BCUT2D eigenvalue weighted by Crippen LogP contribution is 2.48. The predicted octanol–water partition coefficient (Wildman–Crippen LogP) is 9.11. The summed E-state index contributed by atoms with van der Waals surface area (Å²) in [5, 5.41) is 0. The summed E-state index contributed by atoms with van der Waals surface area (Å²) < 4.78 is 6.10. The van der Waals surface area contributed by atoms with E-state index in [9.17, 15) is 0 Å². The highest BCUT2D eigenvalue weighted by atomic mass is 16.5. The van der Waals surface area contributed by atoms with Crippen LogP contribution in [0.3, 0.4) is 0 Å². The summed E-state index contributed by atoms with van der Waals surface area (Å²) in [6, 6.07) is 19.3. The Morgan fingerprint density at radius 1 is 0.829 bits per heavy atom. The normalized spacial score (nSPS) is 20.3. The standard InChI is InChI=1S/C34H40O/c1-25-16-20-32(21-17-25)35-24-28-18-19-31(22-28)33-23-30(26(2)34(33)29-13-8-9-14-29)15-7-6-12-27-10-4-3-5-11-27/h3-5,10-11,16-17,19-23,29,34H,6-9,12-15,18,24H2,1-2H3. The van der Waals surface area contributed by atoms with E-state index in [2.05, 4.69) is 86.7 Å². The first-order valence-corrected chi connectivity index (χ1v) is 13.7. The van der Waals surface area contributed by atoms with Gasteiger partial charge < -0.3 is 4.74 Å². The van der Waals surface area contributed by atoms with Gasteiger partial charge in [-0.15, -0.1) is 0 Å². The third-order valence-corrected chi connectivity index (χ3v) is 8.24. The summed E-state index contributed by atoms with van der Waals surface area (Å²) in [6.07, 6.45) is 19.0. The average Bonchev–Trinajstić information content (AvgIpc) is 3.63. The predicted molar refractivity (Wildman–Crippen MR) is 148 cm³/mol. The third-order valence-electron chi connectivity index (χ3n) is 8.24. The Morgan fingerprint density at radius 3 is 2.34 bits per heavy atom. The van der Waals surface area contributed by atoms with Crippen molar-refractivity contribution in [2.24, 2.45) is 11.8 Å². The van der Waals surface area contributed by atoms with Gasteiger partial charge in [0.15, 0.2) is 0 Å². The van der Waals surface area contributed by atoms with Gasteiger partial charge in [0.1, 0.15) is 12.4 Å². The number of hydrogen-bond donors (Lipinski definition) is 0. The second-order valence-electron chi connectivity index (χ2n) is 10.8. The van der Waals surface area contributed by atoms with Crippen LogP contribution in [0.25, 0.3) is 0 Å². The molecule has 0 saturated heterocycles. The lowest BCUT2D eigenvalue weighted by Crippen LogP contribution is -2.14. The molecule has 1 unspecified atom stereocenters. The number of aryl methyl sites for hydroxylation is 2. The van der Waals surface area contributed by atoms with Gasteiger partial charge in [-0.25, -0.2) is 0 Å². The number of allylic oxidation sites excluding steroid dienone is 7. The number of rotatable bonds is 10. The Bertz CT molecular complexity index is 1120. The Labute approximate surface area is 212 Å². The summed E-state index contributed by atoms with van der Waals surface area (Å²) >= 11 is 0. The third kappa shape index (κ3) is 5.89. The summed E-state index contributed by atoms with van der Waals surface area (Å²) in [4.78, 5) is 0. The van der Waals surface area contributed by atoms with E-state index in [0.29, 0.717) is 12.5 Å². The van der Waals surface area contributed by atoms with Crippen LogP contribution in [0.15, 0.2) is 101 Å². The molecule has 0 aliphatic heterocycles. The molecule has 0 radical (unpaired) electrons. The van der Waals surface area contributed by atoms with Crippen molar-refractivity contribution in [3.8, 4) is 5.75 Å². The van der Waals surface area contributed by atoms with Gasteiger partial charge in [-0.3, -0.25) is 0 Å². The van der Waals surface area contributed by atoms with Crippen LogP contribution < -0.4 is 4.74 Å². The first kappa shape index (κ1) is 23.9. The van der Waals surface area contributed by atoms with Gasteiger partial charge in [-0.05, 0) is 105 Å². The molecule has 3 aliphatic rings. The molecule has 0 heterocycles. The van der Waals surface area contributed by atoms with Crippen molar-refractivity contribution in [1.29, 1.82) is 0 Å². The first-order valence-electron chi connectivity index (χ1n) is 13.7. The van der Waals surface area contributed by atoms with Gasteiger partial charge in [0, 0.05) is 5.92 Å². The van der Waals surface area contributed by atoms with Crippen LogP contribution in [0.1, 0.15) is 69.4 Å². The SMILES string of the molecule is CC1=C(CCCCc2ccccc2)C=C(C2=CCC(COc3ccc(C)cc3)=C2)C1C1CCCC1. The zero-order chi connectivity index (χ0) is 24.0. The minimum Gasteiger partial charge on any atom is -0.489 e. The van der Waals surface area contributed by atoms with E-state index in [1.165, 1.54) is 73.6 Å². The number of benzene rings is 2. The molecular weight excluding hydrogens is 424 g/mol. The highest BCUT2D eigenvalue weighted by molar-refractivity contribution is 5.57. The summed E-state index contributed by atoms with van der Waals surface area (Å²) in [6.45, 7) is 5.23. The molecule has 0 amide bonds. The molecule has 182 valence electrons. The van der Waals surface area contributed by atoms with Gasteiger partial charge in [-0.1, -0.05) is 84.7 Å². The molecule has 0 bridgehead atoms. The maximum atomic E-state index is 6.10. The van der Waals surface area contributed by atoms with Crippen molar-refractivity contribution in [1.82, 2.24) is 0 Å².